The van der Waals surface area contributed by atoms with Crippen molar-refractivity contribution >= 4 is 42.6 Å². The number of piperidine rings is 1. The molecule has 2 aromatic heterocycles. The number of carbonyl (C=O) groups excluding carboxylic acids is 1. The summed E-state index contributed by atoms with van der Waals surface area (Å²) in [6, 6.07) is 15.6. The molecule has 0 atom stereocenters. The molecule has 3 heterocycles. The number of rotatable bonds is 8. The summed E-state index contributed by atoms with van der Waals surface area (Å²) in [5.41, 5.74) is 1.94. The predicted molar refractivity (Wildman–Crippen MR) is 145 cm³/mol. The van der Waals surface area contributed by atoms with E-state index >= 15 is 0 Å². The van der Waals surface area contributed by atoms with Gasteiger partial charge in [-0.05, 0) is 67.8 Å². The molecule has 1 saturated heterocycles. The lowest BCUT2D eigenvalue weighted by molar-refractivity contribution is 0.0985. The molecule has 0 unspecified atom stereocenters. The number of pyridine rings is 1. The minimum absolute atomic E-state index is 0.200. The zero-order valence-corrected chi connectivity index (χ0v) is 22.2. The summed E-state index contributed by atoms with van der Waals surface area (Å²) in [6.45, 7) is 3.76. The zero-order chi connectivity index (χ0) is 25.8. The quantitative estimate of drug-likeness (QED) is 0.311. The Labute approximate surface area is 220 Å². The van der Waals surface area contributed by atoms with Crippen molar-refractivity contribution in [2.75, 3.05) is 24.6 Å². The summed E-state index contributed by atoms with van der Waals surface area (Å²) < 4.78 is 34.3. The van der Waals surface area contributed by atoms with Gasteiger partial charge in [-0.15, -0.1) is 0 Å². The summed E-state index contributed by atoms with van der Waals surface area (Å²) >= 11 is 1.40. The molecule has 10 heteroatoms. The molecule has 192 valence electrons. The molecule has 0 aliphatic carbocycles. The molecule has 1 aliphatic rings. The van der Waals surface area contributed by atoms with Crippen LogP contribution in [0.15, 0.2) is 71.9 Å². The van der Waals surface area contributed by atoms with Crippen LogP contribution in [-0.2, 0) is 16.6 Å². The van der Waals surface area contributed by atoms with E-state index in [4.69, 9.17) is 9.72 Å². The van der Waals surface area contributed by atoms with E-state index < -0.39 is 10.0 Å². The number of hydrogen-bond donors (Lipinski definition) is 0. The summed E-state index contributed by atoms with van der Waals surface area (Å²) in [4.78, 5) is 24.5. The lowest BCUT2D eigenvalue weighted by atomic mass is 10.2. The van der Waals surface area contributed by atoms with E-state index in [0.717, 1.165) is 29.5 Å². The second-order valence-corrected chi connectivity index (χ2v) is 11.7. The molecule has 5 rings (SSSR count). The third-order valence-electron chi connectivity index (χ3n) is 6.26. The smallest absolute Gasteiger partial charge is 0.260 e. The maximum Gasteiger partial charge on any atom is 0.260 e. The maximum absolute atomic E-state index is 13.8. The zero-order valence-electron chi connectivity index (χ0n) is 20.5. The van der Waals surface area contributed by atoms with Gasteiger partial charge in [0.05, 0.1) is 22.7 Å². The van der Waals surface area contributed by atoms with Crippen LogP contribution in [0.3, 0.4) is 0 Å². The number of thiazole rings is 1. The molecule has 1 amide bonds. The molecular formula is C27H28N4O4S2. The Morgan fingerprint density at radius 2 is 1.84 bits per heavy atom. The Bertz CT molecular complexity index is 1480. The number of para-hydroxylation sites is 1. The van der Waals surface area contributed by atoms with Gasteiger partial charge in [-0.1, -0.05) is 29.9 Å². The van der Waals surface area contributed by atoms with E-state index in [9.17, 15) is 13.2 Å². The highest BCUT2D eigenvalue weighted by atomic mass is 32.2. The first kappa shape index (κ1) is 25.3. The van der Waals surface area contributed by atoms with Crippen molar-refractivity contribution in [3.8, 4) is 5.75 Å². The SMILES string of the molecule is CCOc1cccc2sc(N(Cc3cccnc3)C(=O)c3ccc(S(=O)(=O)N4CCCCC4)cc3)nc12. The summed E-state index contributed by atoms with van der Waals surface area (Å²) in [5.74, 6) is 0.395. The number of amides is 1. The Kier molecular flexibility index (Phi) is 7.50. The Morgan fingerprint density at radius 1 is 1.05 bits per heavy atom. The minimum atomic E-state index is -3.58. The van der Waals surface area contributed by atoms with Crippen molar-refractivity contribution in [2.45, 2.75) is 37.6 Å². The first-order valence-electron chi connectivity index (χ1n) is 12.3. The standard InChI is InChI=1S/C27H28N4O4S2/c1-2-35-23-9-6-10-24-25(23)29-27(36-24)31(19-20-8-7-15-28-18-20)26(32)21-11-13-22(14-12-21)37(33,34)30-16-4-3-5-17-30/h6-15,18H,2-5,16-17,19H2,1H3. The Morgan fingerprint density at radius 3 is 2.54 bits per heavy atom. The van der Waals surface area contributed by atoms with Gasteiger partial charge >= 0.3 is 0 Å². The summed E-state index contributed by atoms with van der Waals surface area (Å²) in [6.07, 6.45) is 6.18. The molecule has 0 N–H and O–H groups in total. The van der Waals surface area contributed by atoms with E-state index in [0.29, 0.717) is 41.7 Å². The molecule has 1 fully saturated rings. The number of carbonyl (C=O) groups is 1. The first-order chi connectivity index (χ1) is 18.0. The largest absolute Gasteiger partial charge is 0.492 e. The third kappa shape index (κ3) is 5.36. The lowest BCUT2D eigenvalue weighted by Crippen LogP contribution is -2.35. The highest BCUT2D eigenvalue weighted by molar-refractivity contribution is 7.89. The fourth-order valence-corrected chi connectivity index (χ4v) is 6.88. The van der Waals surface area contributed by atoms with Gasteiger partial charge in [0.25, 0.3) is 5.91 Å². The molecule has 8 nitrogen and oxygen atoms in total. The second kappa shape index (κ2) is 11.0. The number of aromatic nitrogens is 2. The van der Waals surface area contributed by atoms with Crippen LogP contribution in [0.5, 0.6) is 5.75 Å². The van der Waals surface area contributed by atoms with E-state index in [1.165, 1.54) is 27.8 Å². The summed E-state index contributed by atoms with van der Waals surface area (Å²) in [7, 11) is -3.58. The first-order valence-corrected chi connectivity index (χ1v) is 14.6. The van der Waals surface area contributed by atoms with E-state index in [1.807, 2.05) is 37.3 Å². The van der Waals surface area contributed by atoms with Crippen LogP contribution in [0.2, 0.25) is 0 Å². The fraction of sp³-hybridized carbons (Fsp3) is 0.296. The second-order valence-electron chi connectivity index (χ2n) is 8.77. The van der Waals surface area contributed by atoms with E-state index in [2.05, 4.69) is 4.98 Å². The van der Waals surface area contributed by atoms with Gasteiger partial charge < -0.3 is 4.74 Å². The van der Waals surface area contributed by atoms with Gasteiger partial charge in [0.1, 0.15) is 11.3 Å². The highest BCUT2D eigenvalue weighted by Crippen LogP contribution is 2.35. The molecule has 0 bridgehead atoms. The molecule has 1 aliphatic heterocycles. The van der Waals surface area contributed by atoms with Gasteiger partial charge in [-0.25, -0.2) is 13.4 Å². The number of fused-ring (bicyclic) bond motifs is 1. The van der Waals surface area contributed by atoms with Crippen molar-refractivity contribution in [1.82, 2.24) is 14.3 Å². The van der Waals surface area contributed by atoms with Crippen molar-refractivity contribution < 1.29 is 17.9 Å². The van der Waals surface area contributed by atoms with Gasteiger partial charge in [0, 0.05) is 31.0 Å². The maximum atomic E-state index is 13.8. The normalized spacial score (nSPS) is 14.5. The van der Waals surface area contributed by atoms with Crippen LogP contribution in [0.1, 0.15) is 42.1 Å². The van der Waals surface area contributed by atoms with Gasteiger partial charge in [0.15, 0.2) is 5.13 Å². The van der Waals surface area contributed by atoms with Crippen molar-refractivity contribution in [2.24, 2.45) is 0 Å². The number of hydrogen-bond acceptors (Lipinski definition) is 7. The van der Waals surface area contributed by atoms with Gasteiger partial charge in [0.2, 0.25) is 10.0 Å². The number of benzene rings is 2. The van der Waals surface area contributed by atoms with E-state index in [1.54, 1.807) is 29.4 Å². The van der Waals surface area contributed by atoms with Gasteiger partial charge in [-0.3, -0.25) is 14.7 Å². The van der Waals surface area contributed by atoms with E-state index in [-0.39, 0.29) is 17.3 Å². The molecular weight excluding hydrogens is 508 g/mol. The molecule has 0 saturated carbocycles. The minimum Gasteiger partial charge on any atom is -0.492 e. The van der Waals surface area contributed by atoms with Crippen molar-refractivity contribution in [3.05, 3.63) is 78.1 Å². The lowest BCUT2D eigenvalue weighted by Gasteiger charge is -2.26. The van der Waals surface area contributed by atoms with Crippen LogP contribution >= 0.6 is 11.3 Å². The molecule has 37 heavy (non-hydrogen) atoms. The number of anilines is 1. The molecule has 4 aromatic rings. The fourth-order valence-electron chi connectivity index (χ4n) is 4.38. The van der Waals surface area contributed by atoms with Crippen molar-refractivity contribution in [3.63, 3.8) is 0 Å². The van der Waals surface area contributed by atoms with Crippen LogP contribution in [0, 0.1) is 0 Å². The number of nitrogens with zero attached hydrogens (tertiary/aromatic N) is 4. The van der Waals surface area contributed by atoms with Crippen LogP contribution in [0.4, 0.5) is 5.13 Å². The topological polar surface area (TPSA) is 92.7 Å². The summed E-state index contributed by atoms with van der Waals surface area (Å²) in [5, 5.41) is 0.529. The number of sulfonamides is 1. The van der Waals surface area contributed by atoms with Crippen LogP contribution in [-0.4, -0.2) is 48.3 Å². The van der Waals surface area contributed by atoms with Crippen molar-refractivity contribution in [1.29, 1.82) is 0 Å². The molecule has 2 aromatic carbocycles. The molecule has 0 spiro atoms. The van der Waals surface area contributed by atoms with Crippen LogP contribution < -0.4 is 9.64 Å². The predicted octanol–water partition coefficient (Wildman–Crippen LogP) is 5.11. The average Bonchev–Trinajstić information content (AvgIpc) is 3.38. The highest BCUT2D eigenvalue weighted by Gasteiger charge is 2.27. The van der Waals surface area contributed by atoms with Gasteiger partial charge in [-0.2, -0.15) is 4.31 Å². The molecule has 0 radical (unpaired) electrons. The Balaban J connectivity index is 1.48. The Hall–Kier alpha value is -3.34. The van der Waals surface area contributed by atoms with Crippen LogP contribution in [0.25, 0.3) is 10.2 Å². The third-order valence-corrected chi connectivity index (χ3v) is 9.22. The number of ether oxygens (including phenoxy) is 1. The monoisotopic (exact) mass is 536 g/mol. The average molecular weight is 537 g/mol.